The molecule has 2 N–H and O–H groups in total. The van der Waals surface area contributed by atoms with Crippen LogP contribution in [0, 0.1) is 0 Å². The quantitative estimate of drug-likeness (QED) is 0.775. The van der Waals surface area contributed by atoms with E-state index in [0.29, 0.717) is 0 Å². The minimum atomic E-state index is -1.37. The van der Waals surface area contributed by atoms with E-state index >= 15 is 0 Å². The molecular weight excluding hydrogens is 220 g/mol. The van der Waals surface area contributed by atoms with Gasteiger partial charge in [-0.25, -0.2) is 4.79 Å². The van der Waals surface area contributed by atoms with Gasteiger partial charge in [0.2, 0.25) is 0 Å². The summed E-state index contributed by atoms with van der Waals surface area (Å²) in [5.41, 5.74) is 0.288. The highest BCUT2D eigenvalue weighted by Crippen LogP contribution is 2.26. The number of carbonyl (C=O) groups is 1. The molecule has 1 atom stereocenters. The van der Waals surface area contributed by atoms with E-state index in [1.165, 1.54) is 18.2 Å². The van der Waals surface area contributed by atoms with Crippen LogP contribution < -0.4 is 0 Å². The van der Waals surface area contributed by atoms with Crippen LogP contribution in [0.15, 0.2) is 18.2 Å². The van der Waals surface area contributed by atoms with E-state index in [1.807, 2.05) is 0 Å². The molecule has 0 aliphatic rings. The van der Waals surface area contributed by atoms with E-state index in [9.17, 15) is 9.90 Å². The molecule has 1 rings (SSSR count). The molecule has 0 saturated carbocycles. The molecule has 0 bridgehead atoms. The summed E-state index contributed by atoms with van der Waals surface area (Å²) in [6, 6.07) is 4.03. The lowest BCUT2D eigenvalue weighted by Crippen LogP contribution is -2.15. The van der Waals surface area contributed by atoms with Crippen LogP contribution >= 0.6 is 11.6 Å². The monoisotopic (exact) mass is 230 g/mol. The maximum absolute atomic E-state index is 11.2. The van der Waals surface area contributed by atoms with Crippen LogP contribution in [0.25, 0.3) is 0 Å². The molecule has 0 aromatic heterocycles. The van der Waals surface area contributed by atoms with Crippen molar-refractivity contribution in [3.63, 3.8) is 0 Å². The minimum absolute atomic E-state index is 0.0795. The van der Waals surface area contributed by atoms with Gasteiger partial charge in [0.1, 0.15) is 5.75 Å². The van der Waals surface area contributed by atoms with Crippen molar-refractivity contribution in [2.45, 2.75) is 13.0 Å². The number of carbonyl (C=O) groups excluding carboxylic acids is 1. The lowest BCUT2D eigenvalue weighted by molar-refractivity contribution is -0.153. The average molecular weight is 231 g/mol. The second kappa shape index (κ2) is 5.00. The number of esters is 1. The number of aliphatic hydroxyl groups excluding tert-OH is 1. The molecule has 0 saturated heterocycles. The lowest BCUT2D eigenvalue weighted by Gasteiger charge is -2.10. The van der Waals surface area contributed by atoms with Gasteiger partial charge in [-0.15, -0.1) is 0 Å². The molecule has 1 aromatic rings. The highest BCUT2D eigenvalue weighted by molar-refractivity contribution is 6.32. The van der Waals surface area contributed by atoms with Crippen LogP contribution in [0.2, 0.25) is 5.02 Å². The first-order valence-electron chi connectivity index (χ1n) is 4.39. The Balaban J connectivity index is 2.86. The Morgan fingerprint density at radius 3 is 2.80 bits per heavy atom. The zero-order valence-corrected chi connectivity index (χ0v) is 8.86. The summed E-state index contributed by atoms with van der Waals surface area (Å²) in [4.78, 5) is 11.2. The van der Waals surface area contributed by atoms with Crippen LogP contribution in [0.1, 0.15) is 18.6 Å². The fourth-order valence-corrected chi connectivity index (χ4v) is 1.24. The average Bonchev–Trinajstić information content (AvgIpc) is 2.21. The third-order valence-electron chi connectivity index (χ3n) is 1.80. The summed E-state index contributed by atoms with van der Waals surface area (Å²) < 4.78 is 4.63. The van der Waals surface area contributed by atoms with Gasteiger partial charge < -0.3 is 14.9 Å². The van der Waals surface area contributed by atoms with Gasteiger partial charge in [0, 0.05) is 0 Å². The van der Waals surface area contributed by atoms with E-state index in [-0.39, 0.29) is 22.9 Å². The number of aliphatic hydroxyl groups is 1. The Labute approximate surface area is 92.1 Å². The summed E-state index contributed by atoms with van der Waals surface area (Å²) in [6.45, 7) is 1.84. The van der Waals surface area contributed by atoms with Gasteiger partial charge in [0.05, 0.1) is 11.6 Å². The van der Waals surface area contributed by atoms with Gasteiger partial charge in [-0.2, -0.15) is 0 Å². The van der Waals surface area contributed by atoms with Gasteiger partial charge in [-0.05, 0) is 24.6 Å². The highest BCUT2D eigenvalue weighted by Gasteiger charge is 2.19. The predicted molar refractivity (Wildman–Crippen MR) is 54.7 cm³/mol. The Morgan fingerprint density at radius 1 is 1.60 bits per heavy atom. The number of phenolic OH excluding ortho intramolecular Hbond substituents is 1. The molecule has 82 valence electrons. The summed E-state index contributed by atoms with van der Waals surface area (Å²) in [5.74, 6) is -0.837. The van der Waals surface area contributed by atoms with Crippen molar-refractivity contribution in [2.24, 2.45) is 0 Å². The topological polar surface area (TPSA) is 66.8 Å². The standard InChI is InChI=1S/C10H11ClO4/c1-2-15-10(14)9(13)6-3-4-8(12)7(11)5-6/h3-5,9,12-13H,2H2,1H3/t9-/m1/s1. The number of hydrogen-bond donors (Lipinski definition) is 2. The molecule has 0 unspecified atom stereocenters. The maximum Gasteiger partial charge on any atom is 0.339 e. The van der Waals surface area contributed by atoms with Crippen LogP contribution in [0.5, 0.6) is 5.75 Å². The first-order chi connectivity index (χ1) is 7.06. The zero-order valence-electron chi connectivity index (χ0n) is 8.11. The molecule has 4 nitrogen and oxygen atoms in total. The number of aromatic hydroxyl groups is 1. The fourth-order valence-electron chi connectivity index (χ4n) is 1.05. The Hall–Kier alpha value is -1.26. The van der Waals surface area contributed by atoms with Crippen molar-refractivity contribution < 1.29 is 19.7 Å². The van der Waals surface area contributed by atoms with Gasteiger partial charge >= 0.3 is 5.97 Å². The molecule has 15 heavy (non-hydrogen) atoms. The first-order valence-corrected chi connectivity index (χ1v) is 4.77. The van der Waals surface area contributed by atoms with Crippen molar-refractivity contribution in [2.75, 3.05) is 6.61 Å². The number of ether oxygens (including phenoxy) is 1. The number of phenols is 1. The van der Waals surface area contributed by atoms with E-state index < -0.39 is 12.1 Å². The zero-order chi connectivity index (χ0) is 11.4. The SMILES string of the molecule is CCOC(=O)[C@H](O)c1ccc(O)c(Cl)c1. The third-order valence-corrected chi connectivity index (χ3v) is 2.10. The number of benzene rings is 1. The minimum Gasteiger partial charge on any atom is -0.506 e. The normalized spacial score (nSPS) is 12.2. The highest BCUT2D eigenvalue weighted by atomic mass is 35.5. The van der Waals surface area contributed by atoms with E-state index in [2.05, 4.69) is 4.74 Å². The molecule has 5 heteroatoms. The molecule has 0 aliphatic heterocycles. The fraction of sp³-hybridized carbons (Fsp3) is 0.300. The molecule has 0 spiro atoms. The van der Waals surface area contributed by atoms with E-state index in [4.69, 9.17) is 16.7 Å². The van der Waals surface area contributed by atoms with Gasteiger partial charge in [-0.1, -0.05) is 17.7 Å². The second-order valence-corrected chi connectivity index (χ2v) is 3.27. The molecule has 1 aromatic carbocycles. The van der Waals surface area contributed by atoms with Gasteiger partial charge in [0.15, 0.2) is 6.10 Å². The summed E-state index contributed by atoms with van der Waals surface area (Å²) in [6.07, 6.45) is -1.37. The van der Waals surface area contributed by atoms with Crippen LogP contribution in [0.3, 0.4) is 0 Å². The van der Waals surface area contributed by atoms with Crippen LogP contribution in [-0.4, -0.2) is 22.8 Å². The van der Waals surface area contributed by atoms with Gasteiger partial charge in [0.25, 0.3) is 0 Å². The molecule has 0 aliphatic carbocycles. The molecule has 0 radical (unpaired) electrons. The van der Waals surface area contributed by atoms with Crippen LogP contribution in [0.4, 0.5) is 0 Å². The molecule has 0 amide bonds. The second-order valence-electron chi connectivity index (χ2n) is 2.87. The van der Waals surface area contributed by atoms with Crippen molar-refractivity contribution in [1.29, 1.82) is 0 Å². The van der Waals surface area contributed by atoms with Crippen molar-refractivity contribution >= 4 is 17.6 Å². The first kappa shape index (κ1) is 11.8. The third kappa shape index (κ3) is 2.84. The molecular formula is C10H11ClO4. The molecule has 0 fully saturated rings. The Bertz CT molecular complexity index is 364. The van der Waals surface area contributed by atoms with Crippen molar-refractivity contribution in [3.05, 3.63) is 28.8 Å². The van der Waals surface area contributed by atoms with Gasteiger partial charge in [-0.3, -0.25) is 0 Å². The van der Waals surface area contributed by atoms with E-state index in [1.54, 1.807) is 6.92 Å². The predicted octanol–water partition coefficient (Wildman–Crippen LogP) is 1.64. The summed E-state index contributed by atoms with van der Waals surface area (Å²) >= 11 is 5.63. The van der Waals surface area contributed by atoms with Crippen LogP contribution in [-0.2, 0) is 9.53 Å². The van der Waals surface area contributed by atoms with E-state index in [0.717, 1.165) is 0 Å². The largest absolute Gasteiger partial charge is 0.506 e. The summed E-state index contributed by atoms with van der Waals surface area (Å²) in [7, 11) is 0. The summed E-state index contributed by atoms with van der Waals surface area (Å²) in [5, 5.41) is 18.7. The smallest absolute Gasteiger partial charge is 0.339 e. The number of halogens is 1. The number of rotatable bonds is 3. The van der Waals surface area contributed by atoms with Crippen molar-refractivity contribution in [1.82, 2.24) is 0 Å². The maximum atomic E-state index is 11.2. The molecule has 0 heterocycles. The number of hydrogen-bond acceptors (Lipinski definition) is 4. The lowest BCUT2D eigenvalue weighted by atomic mass is 10.1. The Kier molecular flexibility index (Phi) is 3.94. The van der Waals surface area contributed by atoms with Crippen molar-refractivity contribution in [3.8, 4) is 5.75 Å². The Morgan fingerprint density at radius 2 is 2.27 bits per heavy atom.